The van der Waals surface area contributed by atoms with E-state index in [4.69, 9.17) is 15.3 Å². The number of nitriles is 2. The minimum Gasteiger partial charge on any atom is -0.462 e. The Labute approximate surface area is 138 Å². The van der Waals surface area contributed by atoms with Gasteiger partial charge in [-0.2, -0.15) is 10.5 Å². The van der Waals surface area contributed by atoms with E-state index in [9.17, 15) is 0 Å². The third-order valence-electron chi connectivity index (χ3n) is 4.29. The fourth-order valence-corrected chi connectivity index (χ4v) is 3.16. The molecule has 0 aromatic heterocycles. The van der Waals surface area contributed by atoms with Crippen molar-refractivity contribution in [3.63, 3.8) is 0 Å². The lowest BCUT2D eigenvalue weighted by atomic mass is 9.97. The zero-order valence-corrected chi connectivity index (χ0v) is 13.9. The third-order valence-corrected chi connectivity index (χ3v) is 4.29. The van der Waals surface area contributed by atoms with E-state index in [0.29, 0.717) is 17.1 Å². The molecule has 4 heteroatoms. The van der Waals surface area contributed by atoms with Crippen LogP contribution in [0.1, 0.15) is 39.5 Å². The number of ether oxygens (including phenoxy) is 1. The third kappa shape index (κ3) is 3.92. The van der Waals surface area contributed by atoms with Crippen molar-refractivity contribution in [2.75, 3.05) is 13.1 Å². The summed E-state index contributed by atoms with van der Waals surface area (Å²) in [6, 6.07) is 4.15. The van der Waals surface area contributed by atoms with Crippen molar-refractivity contribution >= 4 is 0 Å². The first-order valence-electron chi connectivity index (χ1n) is 8.16. The molecule has 0 aromatic rings. The minimum atomic E-state index is 0.103. The monoisotopic (exact) mass is 309 g/mol. The molecule has 2 aliphatic heterocycles. The van der Waals surface area contributed by atoms with Crippen molar-refractivity contribution in [2.24, 2.45) is 0 Å². The summed E-state index contributed by atoms with van der Waals surface area (Å²) in [7, 11) is 0. The Hall–Kier alpha value is -2.30. The highest BCUT2D eigenvalue weighted by Gasteiger charge is 2.27. The lowest BCUT2D eigenvalue weighted by Crippen LogP contribution is -2.35. The molecular weight excluding hydrogens is 286 g/mol. The van der Waals surface area contributed by atoms with Crippen molar-refractivity contribution in [3.8, 4) is 12.1 Å². The first-order valence-corrected chi connectivity index (χ1v) is 8.16. The molecule has 0 N–H and O–H groups in total. The van der Waals surface area contributed by atoms with Crippen LogP contribution in [0, 0.1) is 22.7 Å². The van der Waals surface area contributed by atoms with Gasteiger partial charge >= 0.3 is 0 Å². The van der Waals surface area contributed by atoms with Gasteiger partial charge in [0.1, 0.15) is 29.2 Å². The van der Waals surface area contributed by atoms with Crippen LogP contribution in [0.3, 0.4) is 0 Å². The SMILES string of the molecule is C=C(C1=CC(=C(C#N)C#N)C=C(C)O1)C(CCC)N1CCCC1. The Kier molecular flexibility index (Phi) is 5.79. The second-order valence-electron chi connectivity index (χ2n) is 5.99. The first kappa shape index (κ1) is 17.1. The highest BCUT2D eigenvalue weighted by molar-refractivity contribution is 5.54. The summed E-state index contributed by atoms with van der Waals surface area (Å²) in [5, 5.41) is 18.2. The molecule has 1 saturated heterocycles. The first-order chi connectivity index (χ1) is 11.1. The van der Waals surface area contributed by atoms with Gasteiger partial charge in [0.15, 0.2) is 0 Å². The minimum absolute atomic E-state index is 0.103. The van der Waals surface area contributed by atoms with Gasteiger partial charge in [-0.1, -0.05) is 19.9 Å². The van der Waals surface area contributed by atoms with Crippen LogP contribution in [-0.2, 0) is 4.74 Å². The number of rotatable bonds is 5. The summed E-state index contributed by atoms with van der Waals surface area (Å²) in [4.78, 5) is 2.46. The molecule has 0 saturated carbocycles. The standard InChI is InChI=1S/C19H23N3O/c1-4-7-18(22-8-5-6-9-22)15(3)19-11-16(10-14(2)23-19)17(12-20)13-21/h10-11,18H,3-9H2,1-2H3. The molecule has 2 rings (SSSR count). The van der Waals surface area contributed by atoms with Gasteiger partial charge in [-0.05, 0) is 51.4 Å². The number of hydrogen-bond donors (Lipinski definition) is 0. The highest BCUT2D eigenvalue weighted by atomic mass is 16.5. The molecule has 0 bridgehead atoms. The maximum atomic E-state index is 9.10. The molecule has 0 amide bonds. The Morgan fingerprint density at radius 2 is 1.96 bits per heavy atom. The van der Waals surface area contributed by atoms with Gasteiger partial charge in [0.25, 0.3) is 0 Å². The van der Waals surface area contributed by atoms with E-state index in [1.807, 2.05) is 19.1 Å². The number of hydrogen-bond acceptors (Lipinski definition) is 4. The van der Waals surface area contributed by atoms with Crippen molar-refractivity contribution in [3.05, 3.63) is 47.0 Å². The van der Waals surface area contributed by atoms with Crippen LogP contribution in [0.25, 0.3) is 0 Å². The van der Waals surface area contributed by atoms with Gasteiger partial charge in [0, 0.05) is 17.2 Å². The highest BCUT2D eigenvalue weighted by Crippen LogP contribution is 2.31. The van der Waals surface area contributed by atoms with Gasteiger partial charge in [-0.25, -0.2) is 0 Å². The summed E-state index contributed by atoms with van der Waals surface area (Å²) < 4.78 is 5.85. The number of allylic oxidation sites excluding steroid dienone is 5. The molecule has 0 aliphatic carbocycles. The summed E-state index contributed by atoms with van der Waals surface area (Å²) in [6.45, 7) is 10.5. The maximum Gasteiger partial charge on any atom is 0.137 e. The van der Waals surface area contributed by atoms with Gasteiger partial charge in [0.05, 0.1) is 0 Å². The van der Waals surface area contributed by atoms with Crippen LogP contribution in [-0.4, -0.2) is 24.0 Å². The van der Waals surface area contributed by atoms with Crippen molar-refractivity contribution in [1.29, 1.82) is 10.5 Å². The van der Waals surface area contributed by atoms with E-state index in [-0.39, 0.29) is 11.6 Å². The fourth-order valence-electron chi connectivity index (χ4n) is 3.16. The van der Waals surface area contributed by atoms with Crippen LogP contribution in [0.5, 0.6) is 0 Å². The predicted molar refractivity (Wildman–Crippen MR) is 89.8 cm³/mol. The lowest BCUT2D eigenvalue weighted by Gasteiger charge is -2.31. The van der Waals surface area contributed by atoms with Crippen LogP contribution in [0.15, 0.2) is 47.0 Å². The zero-order chi connectivity index (χ0) is 16.8. The number of nitrogens with zero attached hydrogens (tertiary/aromatic N) is 3. The van der Waals surface area contributed by atoms with E-state index >= 15 is 0 Å². The molecule has 1 fully saturated rings. The average Bonchev–Trinajstić information content (AvgIpc) is 3.07. The molecule has 0 radical (unpaired) electrons. The summed E-state index contributed by atoms with van der Waals surface area (Å²) >= 11 is 0. The molecule has 2 aliphatic rings. The quantitative estimate of drug-likeness (QED) is 0.721. The van der Waals surface area contributed by atoms with E-state index in [1.165, 1.54) is 12.8 Å². The molecule has 120 valence electrons. The number of likely N-dealkylation sites (tertiary alicyclic amines) is 1. The smallest absolute Gasteiger partial charge is 0.137 e. The summed E-state index contributed by atoms with van der Waals surface area (Å²) in [6.07, 6.45) is 8.06. The van der Waals surface area contributed by atoms with E-state index in [2.05, 4.69) is 18.4 Å². The molecule has 0 spiro atoms. The molecule has 4 nitrogen and oxygen atoms in total. The summed E-state index contributed by atoms with van der Waals surface area (Å²) in [5.41, 5.74) is 1.65. The zero-order valence-electron chi connectivity index (χ0n) is 13.9. The van der Waals surface area contributed by atoms with Gasteiger partial charge in [-0.3, -0.25) is 4.90 Å². The second-order valence-corrected chi connectivity index (χ2v) is 5.99. The normalized spacial score (nSPS) is 19.0. The Balaban J connectivity index is 2.31. The van der Waals surface area contributed by atoms with Crippen molar-refractivity contribution in [2.45, 2.75) is 45.6 Å². The van der Waals surface area contributed by atoms with Crippen molar-refractivity contribution < 1.29 is 4.74 Å². The van der Waals surface area contributed by atoms with Gasteiger partial charge in [0.2, 0.25) is 0 Å². The fraction of sp³-hybridized carbons (Fsp3) is 0.474. The van der Waals surface area contributed by atoms with Crippen LogP contribution in [0.4, 0.5) is 0 Å². The largest absolute Gasteiger partial charge is 0.462 e. The predicted octanol–water partition coefficient (Wildman–Crippen LogP) is 3.97. The molecule has 23 heavy (non-hydrogen) atoms. The van der Waals surface area contributed by atoms with Crippen molar-refractivity contribution in [1.82, 2.24) is 4.90 Å². The summed E-state index contributed by atoms with van der Waals surface area (Å²) in [5.74, 6) is 1.35. The Morgan fingerprint density at radius 1 is 1.30 bits per heavy atom. The molecule has 1 atom stereocenters. The average molecular weight is 309 g/mol. The van der Waals surface area contributed by atoms with Crippen LogP contribution >= 0.6 is 0 Å². The van der Waals surface area contributed by atoms with E-state index in [1.54, 1.807) is 12.2 Å². The second kappa shape index (κ2) is 7.81. The van der Waals surface area contributed by atoms with Gasteiger partial charge < -0.3 is 4.74 Å². The maximum absolute atomic E-state index is 9.10. The molecule has 1 unspecified atom stereocenters. The Morgan fingerprint density at radius 3 is 2.52 bits per heavy atom. The van der Waals surface area contributed by atoms with Gasteiger partial charge in [-0.15, -0.1) is 0 Å². The van der Waals surface area contributed by atoms with E-state index < -0.39 is 0 Å². The topological polar surface area (TPSA) is 60.1 Å². The van der Waals surface area contributed by atoms with Crippen LogP contribution in [0.2, 0.25) is 0 Å². The molecule has 0 aromatic carbocycles. The van der Waals surface area contributed by atoms with Crippen LogP contribution < -0.4 is 0 Å². The molecular formula is C19H23N3O. The lowest BCUT2D eigenvalue weighted by molar-refractivity contribution is 0.238. The molecule has 2 heterocycles. The van der Waals surface area contributed by atoms with E-state index in [0.717, 1.165) is 31.5 Å². The Bertz CT molecular complexity index is 633.